The number of carbonyl (C=O) groups excluding carboxylic acids is 2. The number of esters is 1. The highest BCUT2D eigenvalue weighted by molar-refractivity contribution is 7.47. The summed E-state index contributed by atoms with van der Waals surface area (Å²) in [6, 6.07) is 0. The molecule has 0 radical (unpaired) electrons. The lowest BCUT2D eigenvalue weighted by Gasteiger charge is -2.15. The summed E-state index contributed by atoms with van der Waals surface area (Å²) in [6.45, 7) is 2.94. The van der Waals surface area contributed by atoms with E-state index >= 15 is 0 Å². The maximum absolute atomic E-state index is 11.8. The Kier molecular flexibility index (Phi) is 23.3. The molecule has 0 aromatic carbocycles. The van der Waals surface area contributed by atoms with Gasteiger partial charge in [-0.05, 0) is 32.1 Å². The zero-order valence-corrected chi connectivity index (χ0v) is 23.4. The summed E-state index contributed by atoms with van der Waals surface area (Å²) < 4.78 is 26.1. The first-order valence-electron chi connectivity index (χ1n) is 13.7. The molecule has 0 heterocycles. The Balaban J connectivity index is 3.59. The number of carbonyl (C=O) groups is 2. The van der Waals surface area contributed by atoms with Crippen molar-refractivity contribution < 1.29 is 37.9 Å². The van der Waals surface area contributed by atoms with Crippen LogP contribution in [0, 0.1) is 0 Å². The molecule has 1 amide bonds. The quantitative estimate of drug-likeness (QED) is 0.0597. The number of phosphoric ester groups is 1. The predicted octanol–water partition coefficient (Wildman–Crippen LogP) is 5.59. The molecular weight excluding hydrogens is 485 g/mol. The molecule has 0 aliphatic heterocycles. The first kappa shape index (κ1) is 34.8. The van der Waals surface area contributed by atoms with Crippen LogP contribution in [0.15, 0.2) is 12.2 Å². The fourth-order valence-electron chi connectivity index (χ4n) is 3.34. The van der Waals surface area contributed by atoms with Gasteiger partial charge in [0.15, 0.2) is 0 Å². The zero-order valence-electron chi connectivity index (χ0n) is 22.5. The van der Waals surface area contributed by atoms with E-state index in [2.05, 4.69) is 33.4 Å². The van der Waals surface area contributed by atoms with Crippen molar-refractivity contribution in [2.45, 2.75) is 116 Å². The van der Waals surface area contributed by atoms with Crippen molar-refractivity contribution in [2.24, 2.45) is 0 Å². The van der Waals surface area contributed by atoms with Crippen LogP contribution in [0.5, 0.6) is 0 Å². The van der Waals surface area contributed by atoms with Gasteiger partial charge in [0.1, 0.15) is 12.7 Å². The molecule has 0 fully saturated rings. The molecule has 3 N–H and O–H groups in total. The van der Waals surface area contributed by atoms with Crippen LogP contribution in [0.2, 0.25) is 0 Å². The minimum Gasteiger partial charge on any atom is -0.463 e. The van der Waals surface area contributed by atoms with Crippen LogP contribution in [-0.2, 0) is 27.9 Å². The van der Waals surface area contributed by atoms with Crippen LogP contribution >= 0.6 is 7.82 Å². The van der Waals surface area contributed by atoms with Crippen molar-refractivity contribution >= 4 is 19.7 Å². The summed E-state index contributed by atoms with van der Waals surface area (Å²) in [5.41, 5.74) is 0. The van der Waals surface area contributed by atoms with Crippen LogP contribution in [0.4, 0.5) is 0 Å². The molecule has 2 unspecified atom stereocenters. The Labute approximate surface area is 218 Å². The van der Waals surface area contributed by atoms with E-state index in [1.165, 1.54) is 44.9 Å². The summed E-state index contributed by atoms with van der Waals surface area (Å²) in [5.74, 6) is -0.618. The summed E-state index contributed by atoms with van der Waals surface area (Å²) in [6.07, 6.45) is 19.3. The van der Waals surface area contributed by atoms with Gasteiger partial charge >= 0.3 is 13.8 Å². The number of hydrogen-bond donors (Lipinski definition) is 3. The smallest absolute Gasteiger partial charge is 0.463 e. The molecule has 0 spiro atoms. The molecule has 0 bridgehead atoms. The van der Waals surface area contributed by atoms with Crippen molar-refractivity contribution in [1.82, 2.24) is 5.32 Å². The summed E-state index contributed by atoms with van der Waals surface area (Å²) in [5, 5.41) is 12.3. The number of amides is 1. The molecule has 36 heavy (non-hydrogen) atoms. The molecule has 0 aromatic heterocycles. The molecule has 0 aliphatic carbocycles. The Morgan fingerprint density at radius 3 is 2.06 bits per heavy atom. The number of unbranched alkanes of at least 4 members (excludes halogenated alkanes) is 11. The number of allylic oxidation sites excluding steroid dienone is 2. The molecule has 0 aliphatic rings. The third-order valence-electron chi connectivity index (χ3n) is 5.51. The second-order valence-corrected chi connectivity index (χ2v) is 10.4. The van der Waals surface area contributed by atoms with Crippen molar-refractivity contribution in [2.75, 3.05) is 26.4 Å². The average Bonchev–Trinajstić information content (AvgIpc) is 2.86. The number of aliphatic hydroxyl groups is 1. The van der Waals surface area contributed by atoms with Crippen LogP contribution in [0.1, 0.15) is 110 Å². The van der Waals surface area contributed by atoms with E-state index in [9.17, 15) is 24.2 Å². The highest BCUT2D eigenvalue weighted by Gasteiger charge is 2.23. The lowest BCUT2D eigenvalue weighted by molar-refractivity contribution is -0.147. The van der Waals surface area contributed by atoms with Gasteiger partial charge in [0.05, 0.1) is 13.2 Å². The zero-order chi connectivity index (χ0) is 26.9. The third kappa shape index (κ3) is 24.4. The predicted molar refractivity (Wildman–Crippen MR) is 141 cm³/mol. The van der Waals surface area contributed by atoms with Crippen LogP contribution < -0.4 is 5.32 Å². The monoisotopic (exact) mass is 535 g/mol. The number of rotatable bonds is 25. The number of phosphoric acid groups is 1. The first-order valence-corrected chi connectivity index (χ1v) is 15.2. The van der Waals surface area contributed by atoms with Crippen molar-refractivity contribution in [3.8, 4) is 0 Å². The van der Waals surface area contributed by atoms with Gasteiger partial charge in [0, 0.05) is 19.4 Å². The Hall–Kier alpha value is -1.25. The molecule has 0 saturated carbocycles. The minimum absolute atomic E-state index is 0.0666. The van der Waals surface area contributed by atoms with Gasteiger partial charge in [-0.2, -0.15) is 0 Å². The Bertz CT molecular complexity index is 629. The SMILES string of the molecule is CCCCCCCC/C=C\CCCCCCCC(=O)OCC(O)COP(=O)(O)OCCNC(=O)CC. The van der Waals surface area contributed by atoms with Crippen LogP contribution in [0.25, 0.3) is 0 Å². The molecule has 0 aromatic rings. The highest BCUT2D eigenvalue weighted by Crippen LogP contribution is 2.42. The summed E-state index contributed by atoms with van der Waals surface area (Å²) in [4.78, 5) is 32.4. The van der Waals surface area contributed by atoms with Crippen LogP contribution in [-0.4, -0.2) is 54.3 Å². The van der Waals surface area contributed by atoms with Crippen molar-refractivity contribution in [1.29, 1.82) is 0 Å². The second-order valence-electron chi connectivity index (χ2n) is 8.97. The van der Waals surface area contributed by atoms with E-state index in [1.54, 1.807) is 6.92 Å². The Morgan fingerprint density at radius 1 is 0.861 bits per heavy atom. The summed E-state index contributed by atoms with van der Waals surface area (Å²) >= 11 is 0. The lowest BCUT2D eigenvalue weighted by Crippen LogP contribution is -2.26. The van der Waals surface area contributed by atoms with E-state index in [0.717, 1.165) is 38.5 Å². The molecule has 212 valence electrons. The molecule has 0 saturated heterocycles. The molecular formula is C26H50NO8P. The van der Waals surface area contributed by atoms with Gasteiger partial charge in [-0.25, -0.2) is 4.57 Å². The van der Waals surface area contributed by atoms with E-state index in [1.807, 2.05) is 0 Å². The number of nitrogens with one attached hydrogen (secondary N) is 1. The van der Waals surface area contributed by atoms with Gasteiger partial charge in [-0.15, -0.1) is 0 Å². The van der Waals surface area contributed by atoms with Gasteiger partial charge in [-0.1, -0.05) is 77.4 Å². The van der Waals surface area contributed by atoms with E-state index in [-0.39, 0.29) is 32.1 Å². The average molecular weight is 536 g/mol. The second kappa shape index (κ2) is 24.1. The number of hydrogen-bond acceptors (Lipinski definition) is 7. The van der Waals surface area contributed by atoms with Gasteiger partial charge < -0.3 is 20.1 Å². The first-order chi connectivity index (χ1) is 17.3. The molecule has 9 nitrogen and oxygen atoms in total. The maximum Gasteiger partial charge on any atom is 0.472 e. The third-order valence-corrected chi connectivity index (χ3v) is 6.49. The Morgan fingerprint density at radius 2 is 1.44 bits per heavy atom. The molecule has 10 heteroatoms. The van der Waals surface area contributed by atoms with Crippen LogP contribution in [0.3, 0.4) is 0 Å². The number of aliphatic hydroxyl groups excluding tert-OH is 1. The van der Waals surface area contributed by atoms with E-state index in [4.69, 9.17) is 4.74 Å². The molecule has 2 atom stereocenters. The fourth-order valence-corrected chi connectivity index (χ4v) is 4.10. The topological polar surface area (TPSA) is 131 Å². The maximum atomic E-state index is 11.8. The van der Waals surface area contributed by atoms with Crippen molar-refractivity contribution in [3.63, 3.8) is 0 Å². The highest BCUT2D eigenvalue weighted by atomic mass is 31.2. The fraction of sp³-hybridized carbons (Fsp3) is 0.846. The van der Waals surface area contributed by atoms with E-state index < -0.39 is 26.5 Å². The minimum atomic E-state index is -4.36. The lowest BCUT2D eigenvalue weighted by atomic mass is 10.1. The van der Waals surface area contributed by atoms with Gasteiger partial charge in [-0.3, -0.25) is 18.6 Å². The normalized spacial score (nSPS) is 14.0. The number of ether oxygens (including phenoxy) is 1. The standard InChI is InChI=1S/C26H50NO8P/c1-3-5-6-7-8-9-10-11-12-13-14-15-16-17-18-19-26(30)33-22-24(28)23-35-36(31,32)34-21-20-27-25(29)4-2/h11-12,24,28H,3-10,13-23H2,1-2H3,(H,27,29)(H,31,32)/b12-11-. The van der Waals surface area contributed by atoms with Gasteiger partial charge in [0.2, 0.25) is 5.91 Å². The molecule has 0 rings (SSSR count). The van der Waals surface area contributed by atoms with Crippen molar-refractivity contribution in [3.05, 3.63) is 12.2 Å². The summed E-state index contributed by atoms with van der Waals surface area (Å²) in [7, 11) is -4.36. The van der Waals surface area contributed by atoms with E-state index in [0.29, 0.717) is 6.42 Å². The van der Waals surface area contributed by atoms with Gasteiger partial charge in [0.25, 0.3) is 0 Å². The largest absolute Gasteiger partial charge is 0.472 e.